The normalized spacial score (nSPS) is 10.4. The van der Waals surface area contributed by atoms with Crippen molar-refractivity contribution >= 4 is 0 Å². The van der Waals surface area contributed by atoms with Crippen LogP contribution < -0.4 is 10.5 Å². The van der Waals surface area contributed by atoms with Crippen molar-refractivity contribution < 1.29 is 9.84 Å². The van der Waals surface area contributed by atoms with Gasteiger partial charge in [-0.15, -0.1) is 0 Å². The Bertz CT molecular complexity index is 538. The number of ether oxygens (including phenoxy) is 1. The topological polar surface area (TPSA) is 55.5 Å². The zero-order valence-electron chi connectivity index (χ0n) is 10.4. The van der Waals surface area contributed by atoms with Gasteiger partial charge in [0.05, 0.1) is 6.61 Å². The number of aryl methyl sites for hydroxylation is 1. The summed E-state index contributed by atoms with van der Waals surface area (Å²) in [6, 6.07) is 13.3. The van der Waals surface area contributed by atoms with E-state index in [0.29, 0.717) is 12.3 Å². The van der Waals surface area contributed by atoms with Gasteiger partial charge in [-0.25, -0.2) is 0 Å². The third kappa shape index (κ3) is 2.70. The molecule has 0 unspecified atom stereocenters. The van der Waals surface area contributed by atoms with Crippen LogP contribution in [0.2, 0.25) is 0 Å². The number of nitrogens with two attached hydrogens (primary N) is 1. The van der Waals surface area contributed by atoms with Crippen molar-refractivity contribution in [3.8, 4) is 11.5 Å². The fourth-order valence-electron chi connectivity index (χ4n) is 1.85. The van der Waals surface area contributed by atoms with Gasteiger partial charge in [-0.1, -0.05) is 30.3 Å². The standard InChI is InChI=1S/C15H17NO2/c1-11-4-2-6-13(9-16)15(11)18-14-7-3-5-12(8-14)10-17/h2-8,17H,9-10,16H2,1H3. The predicted octanol–water partition coefficient (Wildman–Crippen LogP) is 2.74. The SMILES string of the molecule is Cc1cccc(CN)c1Oc1cccc(CO)c1. The highest BCUT2D eigenvalue weighted by Gasteiger charge is 2.07. The Kier molecular flexibility index (Phi) is 3.97. The summed E-state index contributed by atoms with van der Waals surface area (Å²) < 4.78 is 5.88. The molecular formula is C15H17NO2. The summed E-state index contributed by atoms with van der Waals surface area (Å²) in [6.45, 7) is 2.44. The Morgan fingerprint density at radius 1 is 1.17 bits per heavy atom. The van der Waals surface area contributed by atoms with Crippen LogP contribution in [0.4, 0.5) is 0 Å². The first-order chi connectivity index (χ1) is 8.74. The van der Waals surface area contributed by atoms with Crippen molar-refractivity contribution in [1.82, 2.24) is 0 Å². The quantitative estimate of drug-likeness (QED) is 0.868. The molecule has 0 spiro atoms. The maximum absolute atomic E-state index is 9.11. The van der Waals surface area contributed by atoms with Gasteiger partial charge in [0.1, 0.15) is 11.5 Å². The van der Waals surface area contributed by atoms with Crippen molar-refractivity contribution in [2.24, 2.45) is 5.73 Å². The third-order valence-corrected chi connectivity index (χ3v) is 2.81. The summed E-state index contributed by atoms with van der Waals surface area (Å²) in [6.07, 6.45) is 0. The Morgan fingerprint density at radius 3 is 2.67 bits per heavy atom. The Labute approximate surface area is 107 Å². The molecule has 0 atom stereocenters. The highest BCUT2D eigenvalue weighted by molar-refractivity contribution is 5.44. The molecule has 3 heteroatoms. The van der Waals surface area contributed by atoms with Gasteiger partial charge in [0.2, 0.25) is 0 Å². The first-order valence-corrected chi connectivity index (χ1v) is 5.91. The predicted molar refractivity (Wildman–Crippen MR) is 71.5 cm³/mol. The van der Waals surface area contributed by atoms with Gasteiger partial charge in [0.15, 0.2) is 0 Å². The maximum Gasteiger partial charge on any atom is 0.134 e. The monoisotopic (exact) mass is 243 g/mol. The minimum atomic E-state index is 0.00865. The molecular weight excluding hydrogens is 226 g/mol. The summed E-state index contributed by atoms with van der Waals surface area (Å²) >= 11 is 0. The largest absolute Gasteiger partial charge is 0.457 e. The van der Waals surface area contributed by atoms with E-state index >= 15 is 0 Å². The molecule has 18 heavy (non-hydrogen) atoms. The molecule has 2 aromatic carbocycles. The smallest absolute Gasteiger partial charge is 0.134 e. The third-order valence-electron chi connectivity index (χ3n) is 2.81. The Hall–Kier alpha value is -1.84. The number of hydrogen-bond acceptors (Lipinski definition) is 3. The maximum atomic E-state index is 9.11. The average molecular weight is 243 g/mol. The van der Waals surface area contributed by atoms with Crippen LogP contribution in [0.25, 0.3) is 0 Å². The molecule has 0 heterocycles. The number of benzene rings is 2. The van der Waals surface area contributed by atoms with Crippen molar-refractivity contribution in [3.63, 3.8) is 0 Å². The van der Waals surface area contributed by atoms with Crippen molar-refractivity contribution in [3.05, 3.63) is 59.2 Å². The van der Waals surface area contributed by atoms with E-state index in [1.165, 1.54) is 0 Å². The van der Waals surface area contributed by atoms with Crippen molar-refractivity contribution in [2.75, 3.05) is 0 Å². The van der Waals surface area contributed by atoms with Crippen molar-refractivity contribution in [1.29, 1.82) is 0 Å². The Balaban J connectivity index is 2.33. The van der Waals surface area contributed by atoms with Crippen LogP contribution in [-0.2, 0) is 13.2 Å². The van der Waals surface area contributed by atoms with Crippen LogP contribution in [0, 0.1) is 6.92 Å². The van der Waals surface area contributed by atoms with Gasteiger partial charge in [0, 0.05) is 12.1 Å². The fourth-order valence-corrected chi connectivity index (χ4v) is 1.85. The van der Waals surface area contributed by atoms with E-state index in [2.05, 4.69) is 0 Å². The summed E-state index contributed by atoms with van der Waals surface area (Å²) in [5.41, 5.74) is 8.56. The molecule has 0 aliphatic heterocycles. The van der Waals surface area contributed by atoms with Gasteiger partial charge in [0.25, 0.3) is 0 Å². The lowest BCUT2D eigenvalue weighted by Gasteiger charge is -2.13. The molecule has 0 fully saturated rings. The Morgan fingerprint density at radius 2 is 1.94 bits per heavy atom. The molecule has 0 aliphatic carbocycles. The van der Waals surface area contributed by atoms with Crippen LogP contribution in [-0.4, -0.2) is 5.11 Å². The molecule has 2 rings (SSSR count). The van der Waals surface area contributed by atoms with Crippen LogP contribution in [0.1, 0.15) is 16.7 Å². The van der Waals surface area contributed by atoms with Crippen LogP contribution in [0.15, 0.2) is 42.5 Å². The number of para-hydroxylation sites is 1. The van der Waals surface area contributed by atoms with E-state index < -0.39 is 0 Å². The number of aliphatic hydroxyl groups excluding tert-OH is 1. The molecule has 3 N–H and O–H groups in total. The highest BCUT2D eigenvalue weighted by Crippen LogP contribution is 2.29. The second kappa shape index (κ2) is 5.67. The molecule has 94 valence electrons. The fraction of sp³-hybridized carbons (Fsp3) is 0.200. The van der Waals surface area contributed by atoms with Gasteiger partial charge in [-0.05, 0) is 30.2 Å². The van der Waals surface area contributed by atoms with Crippen LogP contribution >= 0.6 is 0 Å². The number of hydrogen-bond donors (Lipinski definition) is 2. The van der Waals surface area contributed by atoms with Gasteiger partial charge < -0.3 is 15.6 Å². The summed E-state index contributed by atoms with van der Waals surface area (Å²) in [4.78, 5) is 0. The molecule has 0 aromatic heterocycles. The van der Waals surface area contributed by atoms with E-state index in [9.17, 15) is 0 Å². The minimum absolute atomic E-state index is 0.00865. The molecule has 3 nitrogen and oxygen atoms in total. The molecule has 2 aromatic rings. The van der Waals surface area contributed by atoms with E-state index in [4.69, 9.17) is 15.6 Å². The van der Waals surface area contributed by atoms with Crippen molar-refractivity contribution in [2.45, 2.75) is 20.1 Å². The van der Waals surface area contributed by atoms with Gasteiger partial charge in [-0.3, -0.25) is 0 Å². The molecule has 0 radical (unpaired) electrons. The lowest BCUT2D eigenvalue weighted by Crippen LogP contribution is -2.01. The van der Waals surface area contributed by atoms with Crippen LogP contribution in [0.5, 0.6) is 11.5 Å². The second-order valence-corrected chi connectivity index (χ2v) is 4.17. The molecule has 0 saturated carbocycles. The summed E-state index contributed by atoms with van der Waals surface area (Å²) in [7, 11) is 0. The lowest BCUT2D eigenvalue weighted by molar-refractivity contribution is 0.281. The lowest BCUT2D eigenvalue weighted by atomic mass is 10.1. The van der Waals surface area contributed by atoms with Gasteiger partial charge in [-0.2, -0.15) is 0 Å². The molecule has 0 saturated heterocycles. The average Bonchev–Trinajstić information content (AvgIpc) is 2.41. The van der Waals surface area contributed by atoms with E-state index in [0.717, 1.165) is 22.4 Å². The molecule has 0 bridgehead atoms. The first-order valence-electron chi connectivity index (χ1n) is 5.91. The van der Waals surface area contributed by atoms with E-state index in [1.807, 2.05) is 49.4 Å². The van der Waals surface area contributed by atoms with Crippen LogP contribution in [0.3, 0.4) is 0 Å². The minimum Gasteiger partial charge on any atom is -0.457 e. The van der Waals surface area contributed by atoms with E-state index in [1.54, 1.807) is 0 Å². The molecule has 0 amide bonds. The highest BCUT2D eigenvalue weighted by atomic mass is 16.5. The number of rotatable bonds is 4. The summed E-state index contributed by atoms with van der Waals surface area (Å²) in [5, 5.41) is 9.11. The first kappa shape index (κ1) is 12.6. The van der Waals surface area contributed by atoms with Gasteiger partial charge >= 0.3 is 0 Å². The van der Waals surface area contributed by atoms with E-state index in [-0.39, 0.29) is 6.61 Å². The molecule has 0 aliphatic rings. The number of aliphatic hydroxyl groups is 1. The zero-order chi connectivity index (χ0) is 13.0. The second-order valence-electron chi connectivity index (χ2n) is 4.17. The summed E-state index contributed by atoms with van der Waals surface area (Å²) in [5.74, 6) is 1.51. The zero-order valence-corrected chi connectivity index (χ0v) is 10.4.